The minimum atomic E-state index is -0.111. The van der Waals surface area contributed by atoms with Gasteiger partial charge in [0.25, 0.3) is 0 Å². The minimum absolute atomic E-state index is 0.00772. The summed E-state index contributed by atoms with van der Waals surface area (Å²) >= 11 is 11.7. The number of rotatable bonds is 5. The lowest BCUT2D eigenvalue weighted by atomic mass is 10.2. The highest BCUT2D eigenvalue weighted by Crippen LogP contribution is 2.29. The Hall–Kier alpha value is -2.74. The average Bonchev–Trinajstić information content (AvgIpc) is 2.80. The van der Waals surface area contributed by atoms with Gasteiger partial charge in [-0.1, -0.05) is 53.5 Å². The van der Waals surface area contributed by atoms with Crippen molar-refractivity contribution in [2.24, 2.45) is 11.5 Å². The van der Waals surface area contributed by atoms with Gasteiger partial charge in [-0.2, -0.15) is 0 Å². The molecule has 1 saturated heterocycles. The Labute approximate surface area is 192 Å². The van der Waals surface area contributed by atoms with Crippen molar-refractivity contribution in [2.75, 3.05) is 44.7 Å². The normalized spacial score (nSPS) is 13.9. The molecule has 1 aliphatic rings. The van der Waals surface area contributed by atoms with E-state index in [2.05, 4.69) is 4.90 Å². The Morgan fingerprint density at radius 1 is 1.16 bits per heavy atom. The molecule has 0 aromatic heterocycles. The van der Waals surface area contributed by atoms with Crippen molar-refractivity contribution in [3.8, 4) is 5.75 Å². The van der Waals surface area contributed by atoms with Gasteiger partial charge in [-0.15, -0.1) is 0 Å². The number of methoxy groups -OCH3 is 1. The highest BCUT2D eigenvalue weighted by molar-refractivity contribution is 6.44. The Morgan fingerprint density at radius 2 is 1.81 bits per heavy atom. The molecule has 0 spiro atoms. The van der Waals surface area contributed by atoms with Gasteiger partial charge in [0.1, 0.15) is 11.6 Å². The summed E-state index contributed by atoms with van der Waals surface area (Å²) in [5, 5.41) is 7.89. The third-order valence-electron chi connectivity index (χ3n) is 4.66. The van der Waals surface area contributed by atoms with Crippen LogP contribution in [0.4, 0.5) is 5.69 Å². The number of carbonyl (C=O) groups excluding carboxylic acids is 1. The standard InChI is InChI=1S/C13H18ClN3O2.C9H9ClN2/c1-19-12-8-10(2-3-11(12)14)16-4-6-17(7-5-16)13(18)9-15;10-8(9(11)12)6-7-4-2-1-3-5-7/h2-3,8H,4-7,9,15H2,1H3;1-6H,(H3,11,12)/b;8-6-. The summed E-state index contributed by atoms with van der Waals surface area (Å²) in [7, 11) is 1.60. The molecule has 31 heavy (non-hydrogen) atoms. The topological polar surface area (TPSA) is 109 Å². The summed E-state index contributed by atoms with van der Waals surface area (Å²) in [5.74, 6) is 0.563. The van der Waals surface area contributed by atoms with Gasteiger partial charge in [0.05, 0.1) is 23.7 Å². The summed E-state index contributed by atoms with van der Waals surface area (Å²) in [6.45, 7) is 3.05. The van der Waals surface area contributed by atoms with Gasteiger partial charge in [-0.25, -0.2) is 0 Å². The van der Waals surface area contributed by atoms with E-state index in [0.29, 0.717) is 23.9 Å². The van der Waals surface area contributed by atoms with Crippen LogP contribution in [0.15, 0.2) is 53.6 Å². The predicted octanol–water partition coefficient (Wildman–Crippen LogP) is 3.16. The summed E-state index contributed by atoms with van der Waals surface area (Å²) in [6.07, 6.45) is 1.66. The first-order chi connectivity index (χ1) is 14.8. The van der Waals surface area contributed by atoms with Crippen molar-refractivity contribution in [2.45, 2.75) is 0 Å². The third kappa shape index (κ3) is 7.47. The number of ether oxygens (including phenoxy) is 1. The van der Waals surface area contributed by atoms with Crippen molar-refractivity contribution in [3.05, 3.63) is 64.1 Å². The highest BCUT2D eigenvalue weighted by Gasteiger charge is 2.20. The van der Waals surface area contributed by atoms with Crippen LogP contribution in [0.3, 0.4) is 0 Å². The van der Waals surface area contributed by atoms with E-state index >= 15 is 0 Å². The molecule has 0 saturated carbocycles. The van der Waals surface area contributed by atoms with E-state index in [0.717, 1.165) is 24.3 Å². The van der Waals surface area contributed by atoms with Crippen LogP contribution in [-0.2, 0) is 4.79 Å². The number of nitrogens with two attached hydrogens (primary N) is 2. The molecule has 0 unspecified atom stereocenters. The summed E-state index contributed by atoms with van der Waals surface area (Å²) in [4.78, 5) is 15.5. The molecule has 0 aliphatic carbocycles. The van der Waals surface area contributed by atoms with Crippen molar-refractivity contribution >= 4 is 46.7 Å². The molecule has 0 atom stereocenters. The van der Waals surface area contributed by atoms with E-state index in [4.69, 9.17) is 44.8 Å². The lowest BCUT2D eigenvalue weighted by Gasteiger charge is -2.36. The Balaban J connectivity index is 0.000000245. The summed E-state index contributed by atoms with van der Waals surface area (Å²) in [5.41, 5.74) is 12.5. The molecule has 2 aromatic rings. The average molecular weight is 464 g/mol. The molecule has 7 nitrogen and oxygen atoms in total. The van der Waals surface area contributed by atoms with E-state index in [1.54, 1.807) is 18.1 Å². The second kappa shape index (κ2) is 12.2. The lowest BCUT2D eigenvalue weighted by molar-refractivity contribution is -0.129. The van der Waals surface area contributed by atoms with Crippen LogP contribution in [0.5, 0.6) is 5.75 Å². The Morgan fingerprint density at radius 3 is 2.35 bits per heavy atom. The number of carbonyl (C=O) groups is 1. The van der Waals surface area contributed by atoms with Crippen LogP contribution in [0.2, 0.25) is 5.02 Å². The van der Waals surface area contributed by atoms with E-state index in [1.807, 2.05) is 48.5 Å². The number of amides is 1. The number of amidine groups is 1. The molecular formula is C22H27Cl2N5O2. The molecule has 1 aliphatic heterocycles. The van der Waals surface area contributed by atoms with Crippen molar-refractivity contribution in [3.63, 3.8) is 0 Å². The molecule has 1 fully saturated rings. The zero-order chi connectivity index (χ0) is 22.8. The number of nitrogens with zero attached hydrogens (tertiary/aromatic N) is 2. The van der Waals surface area contributed by atoms with Crippen LogP contribution >= 0.6 is 23.2 Å². The second-order valence-corrected chi connectivity index (χ2v) is 7.52. The number of anilines is 1. The first-order valence-electron chi connectivity index (χ1n) is 9.68. The maximum Gasteiger partial charge on any atom is 0.236 e. The minimum Gasteiger partial charge on any atom is -0.495 e. The van der Waals surface area contributed by atoms with E-state index in [-0.39, 0.29) is 23.3 Å². The van der Waals surface area contributed by atoms with Crippen LogP contribution in [-0.4, -0.2) is 56.5 Å². The van der Waals surface area contributed by atoms with Crippen molar-refractivity contribution in [1.29, 1.82) is 5.41 Å². The van der Waals surface area contributed by atoms with Gasteiger partial charge < -0.3 is 26.0 Å². The Kier molecular flexibility index (Phi) is 9.65. The molecule has 2 aromatic carbocycles. The lowest BCUT2D eigenvalue weighted by Crippen LogP contribution is -2.50. The number of nitrogens with one attached hydrogen (secondary N) is 1. The zero-order valence-electron chi connectivity index (χ0n) is 17.4. The number of hydrogen-bond acceptors (Lipinski definition) is 5. The molecule has 5 N–H and O–H groups in total. The van der Waals surface area contributed by atoms with Crippen LogP contribution < -0.4 is 21.1 Å². The maximum atomic E-state index is 11.5. The van der Waals surface area contributed by atoms with Gasteiger partial charge in [-0.3, -0.25) is 10.2 Å². The van der Waals surface area contributed by atoms with Crippen molar-refractivity contribution < 1.29 is 9.53 Å². The number of hydrogen-bond donors (Lipinski definition) is 3. The van der Waals surface area contributed by atoms with Crippen LogP contribution in [0.1, 0.15) is 5.56 Å². The van der Waals surface area contributed by atoms with Gasteiger partial charge in [-0.05, 0) is 23.8 Å². The fraction of sp³-hybridized carbons (Fsp3) is 0.273. The third-order valence-corrected chi connectivity index (χ3v) is 5.28. The molecule has 0 bridgehead atoms. The quantitative estimate of drug-likeness (QED) is 0.465. The molecule has 0 radical (unpaired) electrons. The number of piperazine rings is 1. The number of halogens is 2. The van der Waals surface area contributed by atoms with E-state index in [1.165, 1.54) is 0 Å². The van der Waals surface area contributed by atoms with Gasteiger partial charge in [0.15, 0.2) is 0 Å². The Bertz CT molecular complexity index is 913. The first-order valence-corrected chi connectivity index (χ1v) is 10.4. The van der Waals surface area contributed by atoms with E-state index in [9.17, 15) is 4.79 Å². The fourth-order valence-corrected chi connectivity index (χ4v) is 3.28. The molecule has 1 amide bonds. The SMILES string of the molecule is COc1cc(N2CCN(C(=O)CN)CC2)ccc1Cl.N=C(N)/C(Cl)=C/c1ccccc1. The van der Waals surface area contributed by atoms with E-state index < -0.39 is 0 Å². The number of benzene rings is 2. The molecule has 3 rings (SSSR count). The predicted molar refractivity (Wildman–Crippen MR) is 128 cm³/mol. The second-order valence-electron chi connectivity index (χ2n) is 6.71. The molecule has 166 valence electrons. The van der Waals surface area contributed by atoms with Crippen LogP contribution in [0.25, 0.3) is 6.08 Å². The maximum absolute atomic E-state index is 11.5. The zero-order valence-corrected chi connectivity index (χ0v) is 18.9. The van der Waals surface area contributed by atoms with Crippen molar-refractivity contribution in [1.82, 2.24) is 4.90 Å². The summed E-state index contributed by atoms with van der Waals surface area (Å²) < 4.78 is 5.21. The van der Waals surface area contributed by atoms with Crippen LogP contribution in [0, 0.1) is 5.41 Å². The monoisotopic (exact) mass is 463 g/mol. The molecular weight excluding hydrogens is 437 g/mol. The fourth-order valence-electron chi connectivity index (χ4n) is 2.96. The van der Waals surface area contributed by atoms with Gasteiger partial charge >= 0.3 is 0 Å². The van der Waals surface area contributed by atoms with Gasteiger partial charge in [0, 0.05) is 37.9 Å². The first kappa shape index (κ1) is 24.5. The highest BCUT2D eigenvalue weighted by atomic mass is 35.5. The largest absolute Gasteiger partial charge is 0.495 e. The summed E-state index contributed by atoms with van der Waals surface area (Å²) in [6, 6.07) is 15.2. The smallest absolute Gasteiger partial charge is 0.236 e. The molecule has 1 heterocycles. The molecule has 9 heteroatoms. The van der Waals surface area contributed by atoms with Gasteiger partial charge in [0.2, 0.25) is 5.91 Å².